The third kappa shape index (κ3) is 4.39. The number of benzene rings is 2. The van der Waals surface area contributed by atoms with Gasteiger partial charge in [-0.25, -0.2) is 18.5 Å². The summed E-state index contributed by atoms with van der Waals surface area (Å²) in [5, 5.41) is 17.9. The van der Waals surface area contributed by atoms with Crippen LogP contribution in [0.15, 0.2) is 68.8 Å². The van der Waals surface area contributed by atoms with Gasteiger partial charge in [-0.2, -0.15) is 5.26 Å². The molecule has 0 aliphatic rings. The van der Waals surface area contributed by atoms with Gasteiger partial charge in [0.25, 0.3) is 10.0 Å². The fourth-order valence-corrected chi connectivity index (χ4v) is 4.60. The van der Waals surface area contributed by atoms with E-state index in [0.717, 1.165) is 5.56 Å². The van der Waals surface area contributed by atoms with Crippen LogP contribution >= 0.6 is 11.6 Å². The van der Waals surface area contributed by atoms with E-state index in [1.54, 1.807) is 37.3 Å². The maximum atomic E-state index is 13.2. The minimum absolute atomic E-state index is 0.0224. The number of hydrogen-bond acceptors (Lipinski definition) is 7. The lowest BCUT2D eigenvalue weighted by atomic mass is 9.98. The molecule has 2 aromatic heterocycles. The molecule has 0 fully saturated rings. The summed E-state index contributed by atoms with van der Waals surface area (Å²) >= 11 is 5.86. The third-order valence-electron chi connectivity index (χ3n) is 5.25. The maximum Gasteiger partial charge on any atom is 0.257 e. The number of sulfonamides is 1. The summed E-state index contributed by atoms with van der Waals surface area (Å²) in [6.07, 6.45) is 0. The number of aryl methyl sites for hydroxylation is 1. The van der Waals surface area contributed by atoms with Gasteiger partial charge in [0.15, 0.2) is 10.8 Å². The Kier molecular flexibility index (Phi) is 6.15. The van der Waals surface area contributed by atoms with Gasteiger partial charge in [0.05, 0.1) is 17.1 Å². The van der Waals surface area contributed by atoms with Gasteiger partial charge in [0.2, 0.25) is 5.43 Å². The van der Waals surface area contributed by atoms with Crippen LogP contribution in [-0.4, -0.2) is 13.4 Å². The van der Waals surface area contributed by atoms with Crippen LogP contribution in [0.2, 0.25) is 5.15 Å². The van der Waals surface area contributed by atoms with Crippen molar-refractivity contribution in [1.82, 2.24) is 4.98 Å². The number of nitrogens with zero attached hydrogens (tertiary/aromatic N) is 2. The molecule has 2 heterocycles. The number of halogens is 1. The van der Waals surface area contributed by atoms with Gasteiger partial charge in [-0.05, 0) is 37.6 Å². The van der Waals surface area contributed by atoms with Crippen molar-refractivity contribution in [3.8, 4) is 17.4 Å². The number of nitrogens with one attached hydrogen (secondary N) is 1. The van der Waals surface area contributed by atoms with Gasteiger partial charge in [-0.15, -0.1) is 0 Å². The summed E-state index contributed by atoms with van der Waals surface area (Å²) in [5.41, 5.74) is 1.83. The van der Waals surface area contributed by atoms with E-state index in [0.29, 0.717) is 11.1 Å². The molecular formula is C24H19ClN4O4S. The molecule has 0 aliphatic carbocycles. The third-order valence-corrected chi connectivity index (χ3v) is 6.31. The number of nitrogens with two attached hydrogens (primary N) is 1. The second-order valence-electron chi connectivity index (χ2n) is 7.74. The van der Waals surface area contributed by atoms with Gasteiger partial charge in [0.1, 0.15) is 22.4 Å². The van der Waals surface area contributed by atoms with Crippen LogP contribution in [-0.2, 0) is 10.0 Å². The van der Waals surface area contributed by atoms with Crippen molar-refractivity contribution < 1.29 is 12.8 Å². The van der Waals surface area contributed by atoms with Crippen LogP contribution in [0.5, 0.6) is 0 Å². The first-order valence-electron chi connectivity index (χ1n) is 10.1. The number of anilines is 1. The molecule has 0 saturated heterocycles. The summed E-state index contributed by atoms with van der Waals surface area (Å²) in [5.74, 6) is 0.163. The van der Waals surface area contributed by atoms with Crippen LogP contribution in [0, 0.1) is 18.3 Å². The van der Waals surface area contributed by atoms with E-state index in [9.17, 15) is 18.5 Å². The molecule has 0 bridgehead atoms. The Morgan fingerprint density at radius 2 is 1.88 bits per heavy atom. The van der Waals surface area contributed by atoms with E-state index in [1.807, 2.05) is 25.1 Å². The lowest BCUT2D eigenvalue weighted by Crippen LogP contribution is -2.18. The topological polar surface area (TPSA) is 139 Å². The molecule has 4 rings (SSSR count). The summed E-state index contributed by atoms with van der Waals surface area (Å²) in [4.78, 5) is 17.1. The Morgan fingerprint density at radius 1 is 1.18 bits per heavy atom. The number of fused-ring (bicyclic) bond motifs is 1. The Hall–Kier alpha value is -3.71. The smallest absolute Gasteiger partial charge is 0.257 e. The second kappa shape index (κ2) is 8.91. The molecular weight excluding hydrogens is 476 g/mol. The fraction of sp³-hybridized carbons (Fsp3) is 0.125. The lowest BCUT2D eigenvalue weighted by molar-refractivity contribution is 0.594. The first-order valence-corrected chi connectivity index (χ1v) is 12.1. The summed E-state index contributed by atoms with van der Waals surface area (Å²) in [6, 6.07) is 16.7. The Morgan fingerprint density at radius 3 is 2.53 bits per heavy atom. The number of nitriles is 1. The molecule has 0 aliphatic heterocycles. The quantitative estimate of drug-likeness (QED) is 0.389. The van der Waals surface area contributed by atoms with E-state index in [-0.39, 0.29) is 33.1 Å². The minimum Gasteiger partial charge on any atom is -0.454 e. The van der Waals surface area contributed by atoms with Crippen LogP contribution in [0.25, 0.3) is 22.3 Å². The van der Waals surface area contributed by atoms with Crippen molar-refractivity contribution in [1.29, 1.82) is 5.26 Å². The molecule has 172 valence electrons. The normalized spacial score (nSPS) is 12.3. The monoisotopic (exact) mass is 494 g/mol. The van der Waals surface area contributed by atoms with Crippen molar-refractivity contribution >= 4 is 38.3 Å². The van der Waals surface area contributed by atoms with E-state index in [1.165, 1.54) is 12.1 Å². The minimum atomic E-state index is -4.16. The number of rotatable bonds is 5. The first kappa shape index (κ1) is 23.4. The Bertz CT molecular complexity index is 1630. The summed E-state index contributed by atoms with van der Waals surface area (Å²) in [6.45, 7) is 3.59. The predicted molar refractivity (Wildman–Crippen MR) is 130 cm³/mol. The molecule has 0 radical (unpaired) electrons. The van der Waals surface area contributed by atoms with Gasteiger partial charge in [0, 0.05) is 11.1 Å². The molecule has 10 heteroatoms. The van der Waals surface area contributed by atoms with Crippen molar-refractivity contribution in [2.75, 3.05) is 5.32 Å². The predicted octanol–water partition coefficient (Wildman–Crippen LogP) is 4.51. The molecule has 34 heavy (non-hydrogen) atoms. The highest BCUT2D eigenvalue weighted by Crippen LogP contribution is 2.33. The standard InChI is InChI=1S/C24H19ClN4O4S/c1-13-10-16(14(2)28-19-8-9-20(25)29-24(19)34(27,31)32)23-17(11-13)21(30)18(12-26)22(33-23)15-6-4-3-5-7-15/h3-11,14,28H,1-2H3,(H2,27,31,32). The van der Waals surface area contributed by atoms with Crippen molar-refractivity contribution in [2.45, 2.75) is 24.9 Å². The number of aromatic nitrogens is 1. The molecule has 0 amide bonds. The first-order chi connectivity index (χ1) is 16.1. The Labute approximate surface area is 200 Å². The molecule has 0 saturated carbocycles. The van der Waals surface area contributed by atoms with E-state index in [2.05, 4.69) is 10.3 Å². The fourth-order valence-electron chi connectivity index (χ4n) is 3.75. The molecule has 1 atom stereocenters. The highest BCUT2D eigenvalue weighted by molar-refractivity contribution is 7.89. The molecule has 2 aromatic carbocycles. The average Bonchev–Trinajstić information content (AvgIpc) is 2.80. The molecule has 3 N–H and O–H groups in total. The van der Waals surface area contributed by atoms with E-state index < -0.39 is 26.5 Å². The van der Waals surface area contributed by atoms with Gasteiger partial charge >= 0.3 is 0 Å². The van der Waals surface area contributed by atoms with Crippen LogP contribution in [0.3, 0.4) is 0 Å². The van der Waals surface area contributed by atoms with Gasteiger partial charge in [-0.1, -0.05) is 48.0 Å². The summed E-state index contributed by atoms with van der Waals surface area (Å²) in [7, 11) is -4.16. The van der Waals surface area contributed by atoms with Crippen molar-refractivity contribution in [3.63, 3.8) is 0 Å². The van der Waals surface area contributed by atoms with Gasteiger partial charge in [-0.3, -0.25) is 4.79 Å². The van der Waals surface area contributed by atoms with Gasteiger partial charge < -0.3 is 9.73 Å². The van der Waals surface area contributed by atoms with Crippen LogP contribution in [0.4, 0.5) is 5.69 Å². The number of hydrogen-bond donors (Lipinski definition) is 2. The lowest BCUT2D eigenvalue weighted by Gasteiger charge is -2.19. The zero-order valence-electron chi connectivity index (χ0n) is 18.2. The summed E-state index contributed by atoms with van der Waals surface area (Å²) < 4.78 is 30.2. The highest BCUT2D eigenvalue weighted by atomic mass is 35.5. The van der Waals surface area contributed by atoms with E-state index >= 15 is 0 Å². The highest BCUT2D eigenvalue weighted by Gasteiger charge is 2.23. The van der Waals surface area contributed by atoms with E-state index in [4.69, 9.17) is 21.2 Å². The number of pyridine rings is 1. The molecule has 8 nitrogen and oxygen atoms in total. The SMILES string of the molecule is Cc1cc(C(C)Nc2ccc(Cl)nc2S(N)(=O)=O)c2oc(-c3ccccc3)c(C#N)c(=O)c2c1. The van der Waals surface area contributed by atoms with Crippen molar-refractivity contribution in [3.05, 3.63) is 86.7 Å². The zero-order valence-corrected chi connectivity index (χ0v) is 19.7. The molecule has 1 unspecified atom stereocenters. The Balaban J connectivity index is 1.93. The molecule has 4 aromatic rings. The van der Waals surface area contributed by atoms with Crippen LogP contribution < -0.4 is 15.9 Å². The second-order valence-corrected chi connectivity index (χ2v) is 9.61. The average molecular weight is 495 g/mol. The van der Waals surface area contributed by atoms with Crippen LogP contribution in [0.1, 0.15) is 29.7 Å². The zero-order chi connectivity index (χ0) is 24.6. The van der Waals surface area contributed by atoms with Crippen molar-refractivity contribution in [2.24, 2.45) is 5.14 Å². The largest absolute Gasteiger partial charge is 0.454 e. The maximum absolute atomic E-state index is 13.2. The number of primary sulfonamides is 1. The molecule has 0 spiro atoms.